The van der Waals surface area contributed by atoms with E-state index in [2.05, 4.69) is 0 Å². The summed E-state index contributed by atoms with van der Waals surface area (Å²) in [5.74, 6) is -4.00. The molecule has 0 heterocycles. The first-order chi connectivity index (χ1) is 9.29. The standard InChI is InChI=1S/C13H10F3NO2S/c1-8-2-4-10(5-3-8)20(18,19)17-12-7-9(14)6-11(15)13(12)16/h2-7,17H,1H3. The van der Waals surface area contributed by atoms with Crippen molar-refractivity contribution in [3.63, 3.8) is 0 Å². The predicted molar refractivity (Wildman–Crippen MR) is 68.3 cm³/mol. The lowest BCUT2D eigenvalue weighted by Crippen LogP contribution is -2.14. The topological polar surface area (TPSA) is 46.2 Å². The Morgan fingerprint density at radius 2 is 1.60 bits per heavy atom. The fourth-order valence-electron chi connectivity index (χ4n) is 1.55. The van der Waals surface area contributed by atoms with Crippen molar-refractivity contribution in [2.24, 2.45) is 0 Å². The third kappa shape index (κ3) is 2.93. The molecule has 0 atom stereocenters. The first kappa shape index (κ1) is 14.4. The summed E-state index contributed by atoms with van der Waals surface area (Å²) in [6.07, 6.45) is 0. The largest absolute Gasteiger partial charge is 0.276 e. The zero-order valence-corrected chi connectivity index (χ0v) is 11.1. The van der Waals surface area contributed by atoms with E-state index in [1.165, 1.54) is 12.1 Å². The molecule has 2 rings (SSSR count). The molecule has 3 nitrogen and oxygen atoms in total. The predicted octanol–water partition coefficient (Wildman–Crippen LogP) is 3.21. The number of aryl methyl sites for hydroxylation is 1. The Bertz CT molecular complexity index is 743. The molecule has 20 heavy (non-hydrogen) atoms. The summed E-state index contributed by atoms with van der Waals surface area (Å²) >= 11 is 0. The van der Waals surface area contributed by atoms with E-state index in [1.54, 1.807) is 19.1 Å². The van der Waals surface area contributed by atoms with Crippen molar-refractivity contribution in [3.8, 4) is 0 Å². The van der Waals surface area contributed by atoms with Gasteiger partial charge in [-0.15, -0.1) is 0 Å². The molecule has 0 spiro atoms. The van der Waals surface area contributed by atoms with Gasteiger partial charge >= 0.3 is 0 Å². The third-order valence-electron chi connectivity index (χ3n) is 2.57. The molecule has 0 fully saturated rings. The lowest BCUT2D eigenvalue weighted by molar-refractivity contribution is 0.498. The van der Waals surface area contributed by atoms with Crippen molar-refractivity contribution in [1.82, 2.24) is 0 Å². The monoisotopic (exact) mass is 301 g/mol. The SMILES string of the molecule is Cc1ccc(S(=O)(=O)Nc2cc(F)cc(F)c2F)cc1. The second kappa shape index (κ2) is 5.16. The molecule has 0 radical (unpaired) electrons. The maximum atomic E-state index is 13.4. The first-order valence-electron chi connectivity index (χ1n) is 5.53. The molecule has 0 aliphatic carbocycles. The van der Waals surface area contributed by atoms with Crippen LogP contribution >= 0.6 is 0 Å². The minimum Gasteiger partial charge on any atom is -0.276 e. The molecule has 7 heteroatoms. The molecule has 2 aromatic rings. The van der Waals surface area contributed by atoms with Gasteiger partial charge in [-0.2, -0.15) is 0 Å². The van der Waals surface area contributed by atoms with Gasteiger partial charge in [-0.1, -0.05) is 17.7 Å². The smallest absolute Gasteiger partial charge is 0.261 e. The molecule has 106 valence electrons. The molecule has 0 saturated heterocycles. The van der Waals surface area contributed by atoms with Crippen molar-refractivity contribution in [3.05, 3.63) is 59.4 Å². The van der Waals surface area contributed by atoms with Crippen LogP contribution < -0.4 is 4.72 Å². The van der Waals surface area contributed by atoms with Crippen molar-refractivity contribution in [1.29, 1.82) is 0 Å². The van der Waals surface area contributed by atoms with Crippen LogP contribution in [-0.4, -0.2) is 8.42 Å². The van der Waals surface area contributed by atoms with E-state index in [0.717, 1.165) is 5.56 Å². The Kier molecular flexibility index (Phi) is 3.71. The van der Waals surface area contributed by atoms with Gasteiger partial charge in [-0.25, -0.2) is 21.6 Å². The summed E-state index contributed by atoms with van der Waals surface area (Å²) in [7, 11) is -4.11. The van der Waals surface area contributed by atoms with Gasteiger partial charge in [0, 0.05) is 12.1 Å². The van der Waals surface area contributed by atoms with Crippen LogP contribution in [0.3, 0.4) is 0 Å². The minimum atomic E-state index is -4.11. The highest BCUT2D eigenvalue weighted by Crippen LogP contribution is 2.22. The van der Waals surface area contributed by atoms with Gasteiger partial charge in [0.15, 0.2) is 11.6 Å². The van der Waals surface area contributed by atoms with Gasteiger partial charge in [0.05, 0.1) is 10.6 Å². The molecule has 0 aromatic heterocycles. The summed E-state index contributed by atoms with van der Waals surface area (Å²) in [6.45, 7) is 1.77. The van der Waals surface area contributed by atoms with Crippen LogP contribution in [0.1, 0.15) is 5.56 Å². The van der Waals surface area contributed by atoms with Crippen LogP contribution in [0.4, 0.5) is 18.9 Å². The Morgan fingerprint density at radius 1 is 1.00 bits per heavy atom. The lowest BCUT2D eigenvalue weighted by Gasteiger charge is -2.09. The number of hydrogen-bond acceptors (Lipinski definition) is 2. The molecular formula is C13H10F3NO2S. The highest BCUT2D eigenvalue weighted by atomic mass is 32.2. The normalized spacial score (nSPS) is 11.4. The van der Waals surface area contributed by atoms with Gasteiger partial charge in [0.25, 0.3) is 10.0 Å². The first-order valence-corrected chi connectivity index (χ1v) is 7.02. The number of nitrogens with one attached hydrogen (secondary N) is 1. The van der Waals surface area contributed by atoms with E-state index < -0.39 is 33.2 Å². The van der Waals surface area contributed by atoms with Crippen molar-refractivity contribution < 1.29 is 21.6 Å². The van der Waals surface area contributed by atoms with E-state index in [1.807, 2.05) is 4.72 Å². The van der Waals surface area contributed by atoms with E-state index in [4.69, 9.17) is 0 Å². The van der Waals surface area contributed by atoms with Crippen LogP contribution in [0, 0.1) is 24.4 Å². The number of halogens is 3. The maximum Gasteiger partial charge on any atom is 0.261 e. The number of rotatable bonds is 3. The summed E-state index contributed by atoms with van der Waals surface area (Å²) in [4.78, 5) is -0.132. The van der Waals surface area contributed by atoms with Crippen LogP contribution in [0.15, 0.2) is 41.3 Å². The second-order valence-electron chi connectivity index (χ2n) is 4.17. The van der Waals surface area contributed by atoms with Crippen LogP contribution in [0.2, 0.25) is 0 Å². The van der Waals surface area contributed by atoms with E-state index in [0.29, 0.717) is 12.1 Å². The van der Waals surface area contributed by atoms with Gasteiger partial charge in [0.1, 0.15) is 5.82 Å². The highest BCUT2D eigenvalue weighted by molar-refractivity contribution is 7.92. The molecule has 2 aromatic carbocycles. The van der Waals surface area contributed by atoms with E-state index >= 15 is 0 Å². The van der Waals surface area contributed by atoms with Crippen LogP contribution in [0.5, 0.6) is 0 Å². The number of benzene rings is 2. The van der Waals surface area contributed by atoms with Gasteiger partial charge in [0.2, 0.25) is 0 Å². The van der Waals surface area contributed by atoms with Gasteiger partial charge in [-0.05, 0) is 19.1 Å². The molecule has 0 amide bonds. The van der Waals surface area contributed by atoms with Crippen LogP contribution in [-0.2, 0) is 10.0 Å². The van der Waals surface area contributed by atoms with Crippen molar-refractivity contribution in [2.75, 3.05) is 4.72 Å². The summed E-state index contributed by atoms with van der Waals surface area (Å²) in [5.41, 5.74) is 0.0648. The molecule has 0 aliphatic heterocycles. The lowest BCUT2D eigenvalue weighted by atomic mass is 10.2. The Hall–Kier alpha value is -2.02. The molecule has 0 unspecified atom stereocenters. The van der Waals surface area contributed by atoms with Crippen molar-refractivity contribution in [2.45, 2.75) is 11.8 Å². The zero-order chi connectivity index (χ0) is 14.9. The average Bonchev–Trinajstić information content (AvgIpc) is 2.35. The Labute approximate surface area is 114 Å². The quantitative estimate of drug-likeness (QED) is 0.885. The molecule has 0 saturated carbocycles. The number of anilines is 1. The Morgan fingerprint density at radius 3 is 2.20 bits per heavy atom. The van der Waals surface area contributed by atoms with E-state index in [9.17, 15) is 21.6 Å². The molecule has 0 bridgehead atoms. The minimum absolute atomic E-state index is 0.132. The van der Waals surface area contributed by atoms with Crippen LogP contribution in [0.25, 0.3) is 0 Å². The zero-order valence-electron chi connectivity index (χ0n) is 10.3. The summed E-state index contributed by atoms with van der Waals surface area (Å²) in [5, 5.41) is 0. The third-order valence-corrected chi connectivity index (χ3v) is 3.95. The van der Waals surface area contributed by atoms with Gasteiger partial charge in [-0.3, -0.25) is 4.72 Å². The maximum absolute atomic E-state index is 13.4. The molecular weight excluding hydrogens is 291 g/mol. The average molecular weight is 301 g/mol. The van der Waals surface area contributed by atoms with E-state index in [-0.39, 0.29) is 4.90 Å². The fourth-order valence-corrected chi connectivity index (χ4v) is 2.60. The highest BCUT2D eigenvalue weighted by Gasteiger charge is 2.19. The summed E-state index contributed by atoms with van der Waals surface area (Å²) < 4.78 is 65.2. The molecule has 0 aliphatic rings. The number of hydrogen-bond donors (Lipinski definition) is 1. The summed E-state index contributed by atoms with van der Waals surface area (Å²) in [6, 6.07) is 6.63. The number of sulfonamides is 1. The fraction of sp³-hybridized carbons (Fsp3) is 0.0769. The Balaban J connectivity index is 2.41. The van der Waals surface area contributed by atoms with Gasteiger partial charge < -0.3 is 0 Å². The second-order valence-corrected chi connectivity index (χ2v) is 5.85. The molecule has 1 N–H and O–H groups in total. The van der Waals surface area contributed by atoms with Crippen molar-refractivity contribution >= 4 is 15.7 Å².